The molecule has 0 aliphatic heterocycles. The molecule has 5 nitrogen and oxygen atoms in total. The Morgan fingerprint density at radius 2 is 1.85 bits per heavy atom. The topological polar surface area (TPSA) is 78.6 Å². The first-order valence-corrected chi connectivity index (χ1v) is 8.25. The first kappa shape index (κ1) is 15.3. The number of benzene rings is 1. The van der Waals surface area contributed by atoms with Crippen LogP contribution in [0.2, 0.25) is 0 Å². The van der Waals surface area contributed by atoms with Crippen molar-refractivity contribution in [1.82, 2.24) is 0 Å². The number of hydrogen-bond acceptors (Lipinski definition) is 5. The monoisotopic (exact) mass is 299 g/mol. The number of methoxy groups -OCH3 is 2. The SMILES string of the molecule is CCS(=O)(=O)[C@@H]1[C@H](c2ccc(OC)cc2)[C@@]1(N)COC. The van der Waals surface area contributed by atoms with Gasteiger partial charge in [0.1, 0.15) is 5.75 Å². The number of sulfone groups is 1. The van der Waals surface area contributed by atoms with Crippen LogP contribution in [0.4, 0.5) is 0 Å². The van der Waals surface area contributed by atoms with Crippen molar-refractivity contribution in [2.45, 2.75) is 23.6 Å². The standard InChI is InChI=1S/C14H21NO4S/c1-4-20(16,17)13-12(14(13,15)9-18-2)10-5-7-11(19-3)8-6-10/h5-8,12-13H,4,9,15H2,1-3H3/t12-,13+,14-/m0/s1. The fraction of sp³-hybridized carbons (Fsp3) is 0.571. The van der Waals surface area contributed by atoms with E-state index in [4.69, 9.17) is 15.2 Å². The quantitative estimate of drug-likeness (QED) is 0.845. The molecule has 1 saturated carbocycles. The van der Waals surface area contributed by atoms with Crippen LogP contribution in [0, 0.1) is 0 Å². The molecule has 0 radical (unpaired) electrons. The molecule has 3 atom stereocenters. The van der Waals surface area contributed by atoms with E-state index in [0.717, 1.165) is 11.3 Å². The smallest absolute Gasteiger partial charge is 0.155 e. The fourth-order valence-electron chi connectivity index (χ4n) is 2.86. The molecule has 2 rings (SSSR count). The Morgan fingerprint density at radius 3 is 2.30 bits per heavy atom. The van der Waals surface area contributed by atoms with Gasteiger partial charge < -0.3 is 15.2 Å². The van der Waals surface area contributed by atoms with Gasteiger partial charge in [0.2, 0.25) is 0 Å². The Labute approximate surface area is 120 Å². The summed E-state index contributed by atoms with van der Waals surface area (Å²) < 4.78 is 34.6. The first-order chi connectivity index (χ1) is 9.40. The average Bonchev–Trinajstić information content (AvgIpc) is 3.06. The lowest BCUT2D eigenvalue weighted by Crippen LogP contribution is -2.36. The maximum absolute atomic E-state index is 12.2. The van der Waals surface area contributed by atoms with Gasteiger partial charge in [0.15, 0.2) is 9.84 Å². The van der Waals surface area contributed by atoms with Gasteiger partial charge in [-0.05, 0) is 17.7 Å². The highest BCUT2D eigenvalue weighted by Gasteiger charge is 2.68. The summed E-state index contributed by atoms with van der Waals surface area (Å²) in [6, 6.07) is 7.37. The summed E-state index contributed by atoms with van der Waals surface area (Å²) in [5.74, 6) is 0.601. The molecule has 1 aromatic rings. The highest BCUT2D eigenvalue weighted by Crippen LogP contribution is 2.54. The summed E-state index contributed by atoms with van der Waals surface area (Å²) >= 11 is 0. The highest BCUT2D eigenvalue weighted by molar-refractivity contribution is 7.92. The van der Waals surface area contributed by atoms with Crippen molar-refractivity contribution in [3.63, 3.8) is 0 Å². The first-order valence-electron chi connectivity index (χ1n) is 6.54. The summed E-state index contributed by atoms with van der Waals surface area (Å²) in [6.07, 6.45) is 0. The van der Waals surface area contributed by atoms with Crippen molar-refractivity contribution in [2.24, 2.45) is 5.73 Å². The predicted molar refractivity (Wildman–Crippen MR) is 77.8 cm³/mol. The molecule has 0 spiro atoms. The Bertz CT molecular complexity index is 569. The van der Waals surface area contributed by atoms with Gasteiger partial charge in [0.05, 0.1) is 24.5 Å². The van der Waals surface area contributed by atoms with E-state index in [-0.39, 0.29) is 18.3 Å². The van der Waals surface area contributed by atoms with Crippen LogP contribution >= 0.6 is 0 Å². The van der Waals surface area contributed by atoms with Crippen LogP contribution in [0.1, 0.15) is 18.4 Å². The van der Waals surface area contributed by atoms with Gasteiger partial charge in [-0.1, -0.05) is 19.1 Å². The van der Waals surface area contributed by atoms with E-state index in [9.17, 15) is 8.42 Å². The van der Waals surface area contributed by atoms with Crippen LogP contribution in [0.15, 0.2) is 24.3 Å². The molecule has 1 aliphatic rings. The van der Waals surface area contributed by atoms with Gasteiger partial charge in [-0.2, -0.15) is 0 Å². The second-order valence-electron chi connectivity index (χ2n) is 5.17. The zero-order valence-electron chi connectivity index (χ0n) is 12.0. The molecule has 1 aromatic carbocycles. The molecule has 0 unspecified atom stereocenters. The lowest BCUT2D eigenvalue weighted by Gasteiger charge is -2.10. The summed E-state index contributed by atoms with van der Waals surface area (Å²) in [7, 11) is -0.0768. The lowest BCUT2D eigenvalue weighted by atomic mass is 10.1. The molecule has 0 saturated heterocycles. The van der Waals surface area contributed by atoms with Gasteiger partial charge in [-0.3, -0.25) is 0 Å². The minimum absolute atomic E-state index is 0.0903. The molecule has 112 valence electrons. The maximum Gasteiger partial charge on any atom is 0.155 e. The van der Waals surface area contributed by atoms with Gasteiger partial charge in [-0.15, -0.1) is 0 Å². The number of nitrogens with two attached hydrogens (primary N) is 1. The van der Waals surface area contributed by atoms with Crippen molar-refractivity contribution in [3.05, 3.63) is 29.8 Å². The van der Waals surface area contributed by atoms with Crippen molar-refractivity contribution < 1.29 is 17.9 Å². The maximum atomic E-state index is 12.2. The number of hydrogen-bond donors (Lipinski definition) is 1. The number of ether oxygens (including phenoxy) is 2. The summed E-state index contributed by atoms with van der Waals surface area (Å²) in [6.45, 7) is 1.87. The lowest BCUT2D eigenvalue weighted by molar-refractivity contribution is 0.171. The molecule has 0 heterocycles. The molecular formula is C14H21NO4S. The minimum Gasteiger partial charge on any atom is -0.497 e. The van der Waals surface area contributed by atoms with Crippen LogP contribution in [0.25, 0.3) is 0 Å². The van der Waals surface area contributed by atoms with Crippen molar-refractivity contribution in [3.8, 4) is 5.75 Å². The summed E-state index contributed by atoms with van der Waals surface area (Å²) in [4.78, 5) is 0. The van der Waals surface area contributed by atoms with Gasteiger partial charge in [-0.25, -0.2) is 8.42 Å². The van der Waals surface area contributed by atoms with E-state index in [1.165, 1.54) is 7.11 Å². The third-order valence-electron chi connectivity index (χ3n) is 3.96. The largest absolute Gasteiger partial charge is 0.497 e. The van der Waals surface area contributed by atoms with Crippen molar-refractivity contribution >= 4 is 9.84 Å². The molecule has 1 fully saturated rings. The van der Waals surface area contributed by atoms with Gasteiger partial charge in [0, 0.05) is 18.8 Å². The van der Waals surface area contributed by atoms with Crippen molar-refractivity contribution in [1.29, 1.82) is 0 Å². The zero-order valence-corrected chi connectivity index (χ0v) is 12.8. The number of rotatable bonds is 6. The van der Waals surface area contributed by atoms with E-state index in [1.54, 1.807) is 14.0 Å². The van der Waals surface area contributed by atoms with E-state index >= 15 is 0 Å². The molecule has 6 heteroatoms. The summed E-state index contributed by atoms with van der Waals surface area (Å²) in [5.41, 5.74) is 6.35. The van der Waals surface area contributed by atoms with E-state index < -0.39 is 20.6 Å². The molecule has 0 bridgehead atoms. The third kappa shape index (κ3) is 2.43. The van der Waals surface area contributed by atoms with Crippen LogP contribution in [0.5, 0.6) is 5.75 Å². The average molecular weight is 299 g/mol. The van der Waals surface area contributed by atoms with Crippen LogP contribution < -0.4 is 10.5 Å². The zero-order chi connectivity index (χ0) is 15.0. The fourth-order valence-corrected chi connectivity index (χ4v) is 4.85. The third-order valence-corrected chi connectivity index (χ3v) is 6.25. The molecule has 0 amide bonds. The van der Waals surface area contributed by atoms with E-state index in [2.05, 4.69) is 0 Å². The second kappa shape index (κ2) is 5.35. The second-order valence-corrected chi connectivity index (χ2v) is 7.58. The van der Waals surface area contributed by atoms with E-state index in [1.807, 2.05) is 24.3 Å². The molecular weight excluding hydrogens is 278 g/mol. The molecule has 0 aromatic heterocycles. The van der Waals surface area contributed by atoms with Crippen LogP contribution in [-0.4, -0.2) is 45.8 Å². The molecule has 20 heavy (non-hydrogen) atoms. The molecule has 2 N–H and O–H groups in total. The Kier molecular flexibility index (Phi) is 4.09. The van der Waals surface area contributed by atoms with Gasteiger partial charge in [0.25, 0.3) is 0 Å². The Hall–Kier alpha value is -1.11. The predicted octanol–water partition coefficient (Wildman–Crippen LogP) is 0.940. The van der Waals surface area contributed by atoms with Gasteiger partial charge >= 0.3 is 0 Å². The summed E-state index contributed by atoms with van der Waals surface area (Å²) in [5, 5.41) is -0.576. The Balaban J connectivity index is 2.33. The van der Waals surface area contributed by atoms with Crippen molar-refractivity contribution in [2.75, 3.05) is 26.6 Å². The van der Waals surface area contributed by atoms with Crippen LogP contribution in [0.3, 0.4) is 0 Å². The molecule has 1 aliphatic carbocycles. The minimum atomic E-state index is -3.20. The Morgan fingerprint density at radius 1 is 1.25 bits per heavy atom. The normalized spacial score (nSPS) is 29.2. The van der Waals surface area contributed by atoms with E-state index in [0.29, 0.717) is 0 Å². The van der Waals surface area contributed by atoms with Crippen LogP contribution in [-0.2, 0) is 14.6 Å². The highest BCUT2D eigenvalue weighted by atomic mass is 32.2.